The number of aliphatic hydroxyl groups excluding tert-OH is 3. The summed E-state index contributed by atoms with van der Waals surface area (Å²) in [6.45, 7) is 4.22. The number of hydrogen-bond acceptors (Lipinski definition) is 4. The molecule has 0 saturated heterocycles. The number of rotatable bonds is 39. The highest BCUT2D eigenvalue weighted by Gasteiger charge is 2.23. The van der Waals surface area contributed by atoms with Crippen LogP contribution in [0.2, 0.25) is 0 Å². The van der Waals surface area contributed by atoms with Gasteiger partial charge in [0.15, 0.2) is 0 Å². The highest BCUT2D eigenvalue weighted by atomic mass is 16.3. The van der Waals surface area contributed by atoms with Crippen LogP contribution in [0.3, 0.4) is 0 Å². The number of carbonyl (C=O) groups excluding carboxylic acids is 1. The summed E-state index contributed by atoms with van der Waals surface area (Å²) in [7, 11) is 0. The summed E-state index contributed by atoms with van der Waals surface area (Å²) in [5.41, 5.74) is 0. The van der Waals surface area contributed by atoms with Gasteiger partial charge in [0.2, 0.25) is 5.91 Å². The molecule has 0 bridgehead atoms. The maximum atomic E-state index is 12.4. The van der Waals surface area contributed by atoms with Gasteiger partial charge in [-0.2, -0.15) is 0 Å². The van der Waals surface area contributed by atoms with E-state index in [0.717, 1.165) is 32.1 Å². The Morgan fingerprint density at radius 2 is 0.792 bits per heavy atom. The third-order valence-electron chi connectivity index (χ3n) is 10.1. The molecule has 0 saturated carbocycles. The van der Waals surface area contributed by atoms with Gasteiger partial charge in [-0.25, -0.2) is 0 Å². The summed E-state index contributed by atoms with van der Waals surface area (Å²) in [4.78, 5) is 12.4. The smallest absolute Gasteiger partial charge is 0.249 e. The van der Waals surface area contributed by atoms with Crippen molar-refractivity contribution in [1.29, 1.82) is 0 Å². The van der Waals surface area contributed by atoms with Crippen molar-refractivity contribution in [2.24, 2.45) is 0 Å². The van der Waals surface area contributed by atoms with Crippen molar-refractivity contribution in [2.45, 2.75) is 250 Å². The molecule has 0 spiro atoms. The second-order valence-corrected chi connectivity index (χ2v) is 14.9. The number of aliphatic hydroxyl groups is 3. The van der Waals surface area contributed by atoms with Crippen molar-refractivity contribution < 1.29 is 20.1 Å². The lowest BCUT2D eigenvalue weighted by Gasteiger charge is -2.23. The average molecular weight is 680 g/mol. The van der Waals surface area contributed by atoms with E-state index in [1.54, 1.807) is 0 Å². The molecule has 286 valence electrons. The van der Waals surface area contributed by atoms with Gasteiger partial charge in [-0.15, -0.1) is 0 Å². The van der Waals surface area contributed by atoms with Crippen molar-refractivity contribution in [3.8, 4) is 0 Å². The van der Waals surface area contributed by atoms with Crippen LogP contribution in [0.15, 0.2) is 12.2 Å². The van der Waals surface area contributed by atoms with E-state index >= 15 is 0 Å². The maximum Gasteiger partial charge on any atom is 0.249 e. The average Bonchev–Trinajstić information content (AvgIpc) is 3.09. The summed E-state index contributed by atoms with van der Waals surface area (Å²) in [5, 5.41) is 33.3. The lowest BCUT2D eigenvalue weighted by Crippen LogP contribution is -2.49. The fraction of sp³-hybridized carbons (Fsp3) is 0.930. The van der Waals surface area contributed by atoms with E-state index in [1.165, 1.54) is 173 Å². The number of nitrogens with one attached hydrogen (secondary N) is 1. The minimum absolute atomic E-state index is 0.313. The molecule has 5 heteroatoms. The standard InChI is InChI=1S/C43H85NO4/c1-3-5-7-9-11-13-15-17-19-20-21-22-23-24-26-27-29-31-33-35-37-41(46)40(39-45)44-43(48)42(47)38-36-34-32-30-28-25-18-16-14-12-10-8-6-4-2/h14,16,40-42,45-47H,3-13,15,17-39H2,1-2H3,(H,44,48)/b16-14-. The van der Waals surface area contributed by atoms with E-state index < -0.39 is 24.2 Å². The molecular weight excluding hydrogens is 594 g/mol. The zero-order valence-corrected chi connectivity index (χ0v) is 32.4. The minimum Gasteiger partial charge on any atom is -0.394 e. The van der Waals surface area contributed by atoms with E-state index in [0.29, 0.717) is 12.8 Å². The predicted molar refractivity (Wildman–Crippen MR) is 208 cm³/mol. The molecule has 1 amide bonds. The zero-order chi connectivity index (χ0) is 35.2. The van der Waals surface area contributed by atoms with Crippen LogP contribution in [0.25, 0.3) is 0 Å². The minimum atomic E-state index is -1.08. The van der Waals surface area contributed by atoms with Crippen LogP contribution in [0, 0.1) is 0 Å². The van der Waals surface area contributed by atoms with Gasteiger partial charge in [0.25, 0.3) is 0 Å². The Morgan fingerprint density at radius 1 is 0.479 bits per heavy atom. The summed E-state index contributed by atoms with van der Waals surface area (Å²) < 4.78 is 0. The molecule has 0 aromatic carbocycles. The number of hydrogen-bond donors (Lipinski definition) is 4. The Labute approximate surface area is 299 Å². The summed E-state index contributed by atoms with van der Waals surface area (Å²) in [5.74, 6) is -0.474. The molecule has 0 aromatic rings. The highest BCUT2D eigenvalue weighted by Crippen LogP contribution is 2.16. The number of allylic oxidation sites excluding steroid dienone is 2. The maximum absolute atomic E-state index is 12.4. The van der Waals surface area contributed by atoms with Gasteiger partial charge >= 0.3 is 0 Å². The van der Waals surface area contributed by atoms with Crippen molar-refractivity contribution in [3.05, 3.63) is 12.2 Å². The van der Waals surface area contributed by atoms with Crippen LogP contribution < -0.4 is 5.32 Å². The molecule has 3 atom stereocenters. The third kappa shape index (κ3) is 33.6. The van der Waals surface area contributed by atoms with Crippen LogP contribution in [0.1, 0.15) is 232 Å². The first-order valence-corrected chi connectivity index (χ1v) is 21.5. The Kier molecular flexibility index (Phi) is 38.1. The molecule has 3 unspecified atom stereocenters. The third-order valence-corrected chi connectivity index (χ3v) is 10.1. The Balaban J connectivity index is 3.60. The molecule has 48 heavy (non-hydrogen) atoms. The SMILES string of the molecule is CCCCCC/C=C\CCCCCCCCC(O)C(=O)NC(CO)C(O)CCCCCCCCCCCCCCCCCCCCCC. The Bertz CT molecular complexity index is 669. The zero-order valence-electron chi connectivity index (χ0n) is 32.4. The van der Waals surface area contributed by atoms with Crippen LogP contribution in [0.5, 0.6) is 0 Å². The number of carbonyl (C=O) groups is 1. The van der Waals surface area contributed by atoms with Crippen LogP contribution in [0.4, 0.5) is 0 Å². The molecule has 0 aliphatic heterocycles. The van der Waals surface area contributed by atoms with Crippen molar-refractivity contribution in [1.82, 2.24) is 5.32 Å². The molecular formula is C43H85NO4. The van der Waals surface area contributed by atoms with Gasteiger partial charge in [-0.3, -0.25) is 4.79 Å². The van der Waals surface area contributed by atoms with Gasteiger partial charge < -0.3 is 20.6 Å². The van der Waals surface area contributed by atoms with E-state index in [2.05, 4.69) is 31.3 Å². The number of amides is 1. The van der Waals surface area contributed by atoms with E-state index in [9.17, 15) is 20.1 Å². The van der Waals surface area contributed by atoms with Crippen molar-refractivity contribution >= 4 is 5.91 Å². The van der Waals surface area contributed by atoms with Crippen molar-refractivity contribution in [3.63, 3.8) is 0 Å². The Morgan fingerprint density at radius 3 is 1.17 bits per heavy atom. The van der Waals surface area contributed by atoms with E-state index in [4.69, 9.17) is 0 Å². The van der Waals surface area contributed by atoms with Gasteiger partial charge in [0, 0.05) is 0 Å². The fourth-order valence-electron chi connectivity index (χ4n) is 6.72. The molecule has 0 heterocycles. The van der Waals surface area contributed by atoms with Crippen LogP contribution >= 0.6 is 0 Å². The van der Waals surface area contributed by atoms with Gasteiger partial charge in [-0.05, 0) is 38.5 Å². The summed E-state index contributed by atoms with van der Waals surface area (Å²) in [6.07, 6.45) is 44.9. The molecule has 0 rings (SSSR count). The molecule has 0 aliphatic rings. The summed E-state index contributed by atoms with van der Waals surface area (Å²) in [6, 6.07) is -0.710. The van der Waals surface area contributed by atoms with Gasteiger partial charge in [0.05, 0.1) is 18.8 Å². The molecule has 0 aliphatic carbocycles. The largest absolute Gasteiger partial charge is 0.394 e. The monoisotopic (exact) mass is 680 g/mol. The second-order valence-electron chi connectivity index (χ2n) is 14.9. The fourth-order valence-corrected chi connectivity index (χ4v) is 6.72. The highest BCUT2D eigenvalue weighted by molar-refractivity contribution is 5.80. The van der Waals surface area contributed by atoms with Gasteiger partial charge in [0.1, 0.15) is 6.10 Å². The molecule has 0 radical (unpaired) electrons. The normalized spacial score (nSPS) is 13.7. The lowest BCUT2D eigenvalue weighted by atomic mass is 10.0. The molecule has 4 N–H and O–H groups in total. The molecule has 0 aromatic heterocycles. The first kappa shape index (κ1) is 47.1. The first-order valence-electron chi connectivity index (χ1n) is 21.5. The predicted octanol–water partition coefficient (Wildman–Crippen LogP) is 12.0. The summed E-state index contributed by atoms with van der Waals surface area (Å²) >= 11 is 0. The Hall–Kier alpha value is -0.910. The quantitative estimate of drug-likeness (QED) is 0.0384. The van der Waals surface area contributed by atoms with Crippen molar-refractivity contribution in [2.75, 3.05) is 6.61 Å². The topological polar surface area (TPSA) is 89.8 Å². The first-order chi connectivity index (χ1) is 23.6. The van der Waals surface area contributed by atoms with Crippen LogP contribution in [-0.2, 0) is 4.79 Å². The molecule has 0 fully saturated rings. The second kappa shape index (κ2) is 38.9. The molecule has 5 nitrogen and oxygen atoms in total. The van der Waals surface area contributed by atoms with Gasteiger partial charge in [-0.1, -0.05) is 206 Å². The lowest BCUT2D eigenvalue weighted by molar-refractivity contribution is -0.131. The van der Waals surface area contributed by atoms with E-state index in [1.807, 2.05) is 0 Å². The van der Waals surface area contributed by atoms with Crippen LogP contribution in [-0.4, -0.2) is 46.1 Å². The number of unbranched alkanes of at least 4 members (excludes halogenated alkanes) is 29. The van der Waals surface area contributed by atoms with E-state index in [-0.39, 0.29) is 6.61 Å².